The van der Waals surface area contributed by atoms with Gasteiger partial charge in [-0.2, -0.15) is 0 Å². The number of nitrogens with zero attached hydrogens (tertiary/aromatic N) is 2. The Hall–Kier alpha value is -2.08. The Morgan fingerprint density at radius 2 is 2.00 bits per heavy atom. The highest BCUT2D eigenvalue weighted by molar-refractivity contribution is 5.81. The van der Waals surface area contributed by atoms with Crippen molar-refractivity contribution >= 4 is 11.8 Å². The minimum Gasteiger partial charge on any atom is -0.494 e. The number of benzene rings is 1. The number of ether oxygens (including phenoxy) is 1. The summed E-state index contributed by atoms with van der Waals surface area (Å²) in [6.45, 7) is 3.64. The van der Waals surface area contributed by atoms with E-state index >= 15 is 0 Å². The van der Waals surface area contributed by atoms with Crippen LogP contribution in [0.15, 0.2) is 24.3 Å². The molecule has 126 valence electrons. The van der Waals surface area contributed by atoms with E-state index in [1.165, 1.54) is 0 Å². The molecule has 6 nitrogen and oxygen atoms in total. The first-order valence-electron chi connectivity index (χ1n) is 8.00. The summed E-state index contributed by atoms with van der Waals surface area (Å²) in [7, 11) is 1.73. The molecule has 6 heteroatoms. The summed E-state index contributed by atoms with van der Waals surface area (Å²) < 4.78 is 5.46. The summed E-state index contributed by atoms with van der Waals surface area (Å²) in [5.41, 5.74) is 6.28. The van der Waals surface area contributed by atoms with Crippen molar-refractivity contribution in [3.63, 3.8) is 0 Å². The Labute approximate surface area is 137 Å². The molecule has 1 aliphatic rings. The maximum Gasteiger partial charge on any atom is 0.237 e. The molecule has 0 bridgehead atoms. The number of hydrogen-bond acceptors (Lipinski definition) is 4. The van der Waals surface area contributed by atoms with Crippen molar-refractivity contribution in [2.75, 3.05) is 33.3 Å². The molecule has 1 aliphatic heterocycles. The lowest BCUT2D eigenvalue weighted by Crippen LogP contribution is -2.41. The van der Waals surface area contributed by atoms with Gasteiger partial charge in [0.05, 0.1) is 25.7 Å². The molecule has 2 rings (SSSR count). The highest BCUT2D eigenvalue weighted by Crippen LogP contribution is 2.32. The highest BCUT2D eigenvalue weighted by Gasteiger charge is 2.30. The predicted molar refractivity (Wildman–Crippen MR) is 88.0 cm³/mol. The van der Waals surface area contributed by atoms with Gasteiger partial charge in [0.1, 0.15) is 5.75 Å². The van der Waals surface area contributed by atoms with Gasteiger partial charge in [-0.05, 0) is 44.5 Å². The monoisotopic (exact) mass is 319 g/mol. The average Bonchev–Trinajstić information content (AvgIpc) is 2.97. The van der Waals surface area contributed by atoms with E-state index in [4.69, 9.17) is 10.5 Å². The van der Waals surface area contributed by atoms with E-state index in [1.807, 2.05) is 36.1 Å². The van der Waals surface area contributed by atoms with Crippen molar-refractivity contribution in [2.45, 2.75) is 25.8 Å². The molecule has 0 aromatic heterocycles. The summed E-state index contributed by atoms with van der Waals surface area (Å²) in [5.74, 6) is 0.447. The first-order chi connectivity index (χ1) is 11.0. The number of primary amides is 1. The summed E-state index contributed by atoms with van der Waals surface area (Å²) in [4.78, 5) is 27.0. The van der Waals surface area contributed by atoms with Crippen LogP contribution in [0.4, 0.5) is 0 Å². The van der Waals surface area contributed by atoms with Gasteiger partial charge in [-0.1, -0.05) is 12.1 Å². The van der Waals surface area contributed by atoms with Crippen molar-refractivity contribution < 1.29 is 14.3 Å². The fourth-order valence-corrected chi connectivity index (χ4v) is 3.01. The normalized spacial score (nSPS) is 17.5. The van der Waals surface area contributed by atoms with Crippen molar-refractivity contribution in [3.8, 4) is 5.75 Å². The lowest BCUT2D eigenvalue weighted by molar-refractivity contribution is -0.133. The number of carbonyl (C=O) groups excluding carboxylic acids is 2. The molecular weight excluding hydrogens is 294 g/mol. The second-order valence-corrected chi connectivity index (χ2v) is 5.89. The fourth-order valence-electron chi connectivity index (χ4n) is 3.01. The molecule has 0 aliphatic carbocycles. The maximum atomic E-state index is 12.5. The summed E-state index contributed by atoms with van der Waals surface area (Å²) in [6, 6.07) is 8.03. The van der Waals surface area contributed by atoms with E-state index in [1.54, 1.807) is 11.9 Å². The zero-order chi connectivity index (χ0) is 16.8. The topological polar surface area (TPSA) is 75.9 Å². The number of amides is 2. The molecule has 2 amide bonds. The minimum absolute atomic E-state index is 0.0325. The van der Waals surface area contributed by atoms with Gasteiger partial charge < -0.3 is 15.4 Å². The molecule has 1 aromatic rings. The van der Waals surface area contributed by atoms with Gasteiger partial charge in [-0.3, -0.25) is 14.5 Å². The van der Waals surface area contributed by atoms with Crippen molar-refractivity contribution in [1.29, 1.82) is 0 Å². The van der Waals surface area contributed by atoms with Crippen LogP contribution in [-0.2, 0) is 9.59 Å². The average molecular weight is 319 g/mol. The third kappa shape index (κ3) is 4.69. The fraction of sp³-hybridized carbons (Fsp3) is 0.529. The lowest BCUT2D eigenvalue weighted by atomic mass is 10.0. The largest absolute Gasteiger partial charge is 0.494 e. The number of nitrogens with two attached hydrogens (primary N) is 1. The number of hydrogen-bond donors (Lipinski definition) is 1. The number of rotatable bonds is 7. The van der Waals surface area contributed by atoms with Gasteiger partial charge in [0, 0.05) is 6.54 Å². The van der Waals surface area contributed by atoms with Crippen LogP contribution < -0.4 is 10.5 Å². The molecule has 1 aromatic carbocycles. The van der Waals surface area contributed by atoms with Gasteiger partial charge >= 0.3 is 0 Å². The van der Waals surface area contributed by atoms with Crippen molar-refractivity contribution in [3.05, 3.63) is 29.8 Å². The zero-order valence-corrected chi connectivity index (χ0v) is 13.8. The van der Waals surface area contributed by atoms with E-state index in [-0.39, 0.29) is 25.0 Å². The van der Waals surface area contributed by atoms with E-state index in [9.17, 15) is 9.59 Å². The predicted octanol–water partition coefficient (Wildman–Crippen LogP) is 1.17. The second-order valence-electron chi connectivity index (χ2n) is 5.89. The van der Waals surface area contributed by atoms with Gasteiger partial charge in [0.2, 0.25) is 11.8 Å². The van der Waals surface area contributed by atoms with Gasteiger partial charge in [0.25, 0.3) is 0 Å². The molecule has 0 spiro atoms. The van der Waals surface area contributed by atoms with Crippen LogP contribution in [0, 0.1) is 0 Å². The molecule has 1 heterocycles. The molecule has 1 atom stereocenters. The van der Waals surface area contributed by atoms with Crippen molar-refractivity contribution in [2.24, 2.45) is 5.73 Å². The number of carbonyl (C=O) groups is 2. The second kappa shape index (κ2) is 7.97. The zero-order valence-electron chi connectivity index (χ0n) is 13.8. The molecule has 0 saturated carbocycles. The first-order valence-corrected chi connectivity index (χ1v) is 8.00. The van der Waals surface area contributed by atoms with Crippen LogP contribution in [0.1, 0.15) is 31.4 Å². The summed E-state index contributed by atoms with van der Waals surface area (Å²) in [5, 5.41) is 0. The Morgan fingerprint density at radius 3 is 2.61 bits per heavy atom. The SMILES string of the molecule is CCOc1ccc(C2CCCN2C(=O)CN(C)CC(N)=O)cc1. The molecule has 1 saturated heterocycles. The van der Waals surface area contributed by atoms with Crippen LogP contribution in [0.25, 0.3) is 0 Å². The smallest absolute Gasteiger partial charge is 0.237 e. The Kier molecular flexibility index (Phi) is 5.98. The summed E-state index contributed by atoms with van der Waals surface area (Å²) in [6.07, 6.45) is 1.95. The molecule has 23 heavy (non-hydrogen) atoms. The molecule has 1 unspecified atom stereocenters. The molecule has 2 N–H and O–H groups in total. The van der Waals surface area contributed by atoms with E-state index in [2.05, 4.69) is 0 Å². The Balaban J connectivity index is 2.01. The van der Waals surface area contributed by atoms with E-state index in [0.29, 0.717) is 6.61 Å². The van der Waals surface area contributed by atoms with E-state index < -0.39 is 5.91 Å². The Morgan fingerprint density at radius 1 is 1.30 bits per heavy atom. The quantitative estimate of drug-likeness (QED) is 0.818. The molecule has 0 radical (unpaired) electrons. The minimum atomic E-state index is -0.426. The standard InChI is InChI=1S/C17H25N3O3/c1-3-23-14-8-6-13(7-9-14)15-5-4-10-20(15)17(22)12-19(2)11-16(18)21/h6-9,15H,3-5,10-12H2,1-2H3,(H2,18,21). The van der Waals surface area contributed by atoms with Crippen molar-refractivity contribution in [1.82, 2.24) is 9.80 Å². The van der Waals surface area contributed by atoms with Crippen LogP contribution in [0.3, 0.4) is 0 Å². The Bertz CT molecular complexity index is 545. The van der Waals surface area contributed by atoms with Gasteiger partial charge in [-0.15, -0.1) is 0 Å². The highest BCUT2D eigenvalue weighted by atomic mass is 16.5. The maximum absolute atomic E-state index is 12.5. The number of likely N-dealkylation sites (N-methyl/N-ethyl adjacent to an activating group) is 1. The van der Waals surface area contributed by atoms with Gasteiger partial charge in [-0.25, -0.2) is 0 Å². The number of likely N-dealkylation sites (tertiary alicyclic amines) is 1. The molecule has 1 fully saturated rings. The van der Waals surface area contributed by atoms with Crippen LogP contribution in [-0.4, -0.2) is 54.9 Å². The third-order valence-corrected chi connectivity index (χ3v) is 3.98. The van der Waals surface area contributed by atoms with Crippen LogP contribution in [0.2, 0.25) is 0 Å². The first kappa shape index (κ1) is 17.3. The van der Waals surface area contributed by atoms with Gasteiger partial charge in [0.15, 0.2) is 0 Å². The van der Waals surface area contributed by atoms with Crippen LogP contribution in [0.5, 0.6) is 5.75 Å². The van der Waals surface area contributed by atoms with Crippen LogP contribution >= 0.6 is 0 Å². The third-order valence-electron chi connectivity index (χ3n) is 3.98. The van der Waals surface area contributed by atoms with E-state index in [0.717, 1.165) is 30.7 Å². The summed E-state index contributed by atoms with van der Waals surface area (Å²) >= 11 is 0. The molecular formula is C17H25N3O3. The lowest BCUT2D eigenvalue weighted by Gasteiger charge is -2.27.